The molecule has 1 amide bonds. The highest BCUT2D eigenvalue weighted by Crippen LogP contribution is 2.37. The van der Waals surface area contributed by atoms with Crippen LogP contribution in [0.5, 0.6) is 5.88 Å². The number of carbonyl (C=O) groups excluding carboxylic acids is 2. The number of benzene rings is 1. The summed E-state index contributed by atoms with van der Waals surface area (Å²) in [6.07, 6.45) is -0.826. The smallest absolute Gasteiger partial charge is 0.408 e. The minimum atomic E-state index is -4.42. The van der Waals surface area contributed by atoms with Crippen LogP contribution in [0.3, 0.4) is 0 Å². The Hall–Kier alpha value is -2.01. The van der Waals surface area contributed by atoms with Gasteiger partial charge in [-0.1, -0.05) is 60.5 Å². The van der Waals surface area contributed by atoms with Gasteiger partial charge in [-0.15, -0.1) is 11.8 Å². The average Bonchev–Trinajstić information content (AvgIpc) is 2.90. The summed E-state index contributed by atoms with van der Waals surface area (Å²) < 4.78 is 49.9. The van der Waals surface area contributed by atoms with E-state index in [2.05, 4.69) is 34.9 Å². The van der Waals surface area contributed by atoms with Crippen LogP contribution in [0.15, 0.2) is 28.1 Å². The average molecular weight is 732 g/mol. The summed E-state index contributed by atoms with van der Waals surface area (Å²) in [5.41, 5.74) is -0.796. The number of nitrogens with one attached hydrogen (secondary N) is 1. The molecule has 0 saturated carbocycles. The van der Waals surface area contributed by atoms with Crippen molar-refractivity contribution in [2.75, 3.05) is 37.6 Å². The van der Waals surface area contributed by atoms with Gasteiger partial charge >= 0.3 is 12.1 Å². The van der Waals surface area contributed by atoms with Gasteiger partial charge in [0.1, 0.15) is 28.3 Å². The van der Waals surface area contributed by atoms with Crippen molar-refractivity contribution in [3.8, 4) is 5.88 Å². The van der Waals surface area contributed by atoms with Crippen molar-refractivity contribution in [3.63, 3.8) is 0 Å². The van der Waals surface area contributed by atoms with Crippen LogP contribution in [0, 0.1) is 0 Å². The van der Waals surface area contributed by atoms with Gasteiger partial charge in [0.15, 0.2) is 5.15 Å². The molecule has 0 fully saturated rings. The van der Waals surface area contributed by atoms with E-state index in [1.54, 1.807) is 20.8 Å². The number of halogens is 3. The molecule has 0 bridgehead atoms. The maximum atomic E-state index is 13.9. The molecule has 246 valence electrons. The fourth-order valence-corrected chi connectivity index (χ4v) is 7.20. The van der Waals surface area contributed by atoms with Crippen molar-refractivity contribution in [2.24, 2.45) is 0 Å². The molecule has 1 aromatic carbocycles. The van der Waals surface area contributed by atoms with E-state index in [1.807, 2.05) is 0 Å². The summed E-state index contributed by atoms with van der Waals surface area (Å²) in [6, 6.07) is 3.85. The number of carbonyl (C=O) groups is 2. The van der Waals surface area contributed by atoms with Crippen LogP contribution in [0.2, 0.25) is 40.9 Å². The molecule has 2 aromatic rings. The van der Waals surface area contributed by atoms with E-state index in [0.29, 0.717) is 6.61 Å². The predicted molar refractivity (Wildman–Crippen MR) is 175 cm³/mol. The van der Waals surface area contributed by atoms with Crippen LogP contribution in [-0.2, 0) is 29.0 Å². The number of esters is 1. The number of methoxy groups -OCH3 is 2. The Labute approximate surface area is 278 Å². The van der Waals surface area contributed by atoms with Gasteiger partial charge in [-0.3, -0.25) is 0 Å². The predicted octanol–water partition coefficient (Wildman–Crippen LogP) is 6.11. The standard InChI is InChI=1S/C26H37Cl3N4O8S2Si/c1-26(2,3)41-25(35)30-17(24(34)39-5)14-42-23-20(29)31-21(22(32-23)38-4)33(15-40-12-13-44(6,7)8)43(36,37)18-11-9-10-16(27)19(18)28/h9-11,17H,12-15H2,1-8H3,(H,30,35)/t17-/m0/s1. The second kappa shape index (κ2) is 16.0. The number of thioether (sulfide) groups is 1. The van der Waals surface area contributed by atoms with Crippen molar-refractivity contribution in [3.05, 3.63) is 33.4 Å². The van der Waals surface area contributed by atoms with Crippen LogP contribution in [0.25, 0.3) is 0 Å². The fraction of sp³-hybridized carbons (Fsp3) is 0.538. The third-order valence-electron chi connectivity index (χ3n) is 5.46. The molecule has 1 aromatic heterocycles. The molecular weight excluding hydrogens is 695 g/mol. The third kappa shape index (κ3) is 11.1. The van der Waals surface area contributed by atoms with Crippen molar-refractivity contribution >= 4 is 82.5 Å². The van der Waals surface area contributed by atoms with Gasteiger partial charge in [0.2, 0.25) is 5.82 Å². The molecule has 2 rings (SSSR count). The quantitative estimate of drug-likeness (QED) is 0.0790. The molecule has 1 heterocycles. The Kier molecular flexibility index (Phi) is 13.9. The van der Waals surface area contributed by atoms with Gasteiger partial charge in [-0.25, -0.2) is 32.3 Å². The zero-order valence-corrected chi connectivity index (χ0v) is 30.6. The Morgan fingerprint density at radius 3 is 2.34 bits per heavy atom. The molecule has 0 unspecified atom stereocenters. The van der Waals surface area contributed by atoms with Gasteiger partial charge in [0, 0.05) is 20.4 Å². The topological polar surface area (TPSA) is 146 Å². The molecule has 0 spiro atoms. The van der Waals surface area contributed by atoms with E-state index in [1.165, 1.54) is 32.4 Å². The van der Waals surface area contributed by atoms with Gasteiger partial charge in [0.05, 0.1) is 24.3 Å². The van der Waals surface area contributed by atoms with Crippen LogP contribution >= 0.6 is 46.6 Å². The maximum absolute atomic E-state index is 13.9. The Morgan fingerprint density at radius 2 is 1.77 bits per heavy atom. The largest absolute Gasteiger partial charge is 0.478 e. The number of anilines is 1. The second-order valence-electron chi connectivity index (χ2n) is 11.4. The first kappa shape index (κ1) is 38.2. The van der Waals surface area contributed by atoms with Gasteiger partial charge in [-0.2, -0.15) is 0 Å². The van der Waals surface area contributed by atoms with Gasteiger partial charge < -0.3 is 24.3 Å². The van der Waals surface area contributed by atoms with E-state index >= 15 is 0 Å². The number of ether oxygens (including phenoxy) is 4. The summed E-state index contributed by atoms with van der Waals surface area (Å²) >= 11 is 19.9. The zero-order valence-electron chi connectivity index (χ0n) is 25.7. The number of aromatic nitrogens is 2. The minimum absolute atomic E-state index is 0.0373. The lowest BCUT2D eigenvalue weighted by Gasteiger charge is -2.26. The van der Waals surface area contributed by atoms with E-state index in [9.17, 15) is 18.0 Å². The number of nitrogens with zero attached hydrogens (tertiary/aromatic N) is 3. The van der Waals surface area contributed by atoms with Crippen LogP contribution in [0.4, 0.5) is 10.6 Å². The van der Waals surface area contributed by atoms with E-state index in [0.717, 1.165) is 22.1 Å². The first-order chi connectivity index (χ1) is 20.3. The molecule has 0 aliphatic heterocycles. The highest BCUT2D eigenvalue weighted by Gasteiger charge is 2.34. The lowest BCUT2D eigenvalue weighted by molar-refractivity contribution is -0.142. The normalized spacial score (nSPS) is 12.8. The molecular formula is C26H37Cl3N4O8S2Si. The molecule has 1 N–H and O–H groups in total. The maximum Gasteiger partial charge on any atom is 0.408 e. The Balaban J connectivity index is 2.47. The second-order valence-corrected chi connectivity index (χ2v) is 21.0. The van der Waals surface area contributed by atoms with Crippen LogP contribution < -0.4 is 14.4 Å². The van der Waals surface area contributed by atoms with Crippen molar-refractivity contribution < 1.29 is 37.0 Å². The molecule has 0 radical (unpaired) electrons. The number of rotatable bonds is 14. The number of hydrogen-bond donors (Lipinski definition) is 1. The number of sulfonamides is 1. The summed E-state index contributed by atoms with van der Waals surface area (Å²) in [4.78, 5) is 33.0. The van der Waals surface area contributed by atoms with Crippen molar-refractivity contribution in [2.45, 2.75) is 68.0 Å². The molecule has 44 heavy (non-hydrogen) atoms. The Morgan fingerprint density at radius 1 is 1.11 bits per heavy atom. The number of hydrogen-bond acceptors (Lipinski definition) is 11. The first-order valence-electron chi connectivity index (χ1n) is 13.2. The lowest BCUT2D eigenvalue weighted by Crippen LogP contribution is -2.45. The van der Waals surface area contributed by atoms with Crippen LogP contribution in [-0.4, -0.2) is 83.5 Å². The summed E-state index contributed by atoms with van der Waals surface area (Å²) in [5.74, 6) is -1.28. The summed E-state index contributed by atoms with van der Waals surface area (Å²) in [5, 5.41) is 2.20. The SMILES string of the molecule is COC(=O)[C@H](CSc1nc(OC)c(N(COCC[Si](C)(C)C)S(=O)(=O)c2cccc(Cl)c2Cl)nc1Cl)NC(=O)OC(C)(C)C. The summed E-state index contributed by atoms with van der Waals surface area (Å²) in [7, 11) is -3.46. The number of alkyl carbamates (subject to hydrolysis) is 1. The fourth-order valence-electron chi connectivity index (χ4n) is 3.26. The first-order valence-corrected chi connectivity index (χ1v) is 20.4. The van der Waals surface area contributed by atoms with Crippen molar-refractivity contribution in [1.29, 1.82) is 0 Å². The van der Waals surface area contributed by atoms with Crippen LogP contribution in [0.1, 0.15) is 20.8 Å². The molecule has 12 nitrogen and oxygen atoms in total. The molecule has 18 heteroatoms. The van der Waals surface area contributed by atoms with E-state index in [-0.39, 0.29) is 42.6 Å². The van der Waals surface area contributed by atoms with E-state index in [4.69, 9.17) is 53.8 Å². The molecule has 1 atom stereocenters. The minimum Gasteiger partial charge on any atom is -0.478 e. The zero-order chi connectivity index (χ0) is 33.5. The molecule has 0 aliphatic carbocycles. The lowest BCUT2D eigenvalue weighted by atomic mass is 10.2. The molecule has 0 saturated heterocycles. The van der Waals surface area contributed by atoms with Crippen molar-refractivity contribution in [1.82, 2.24) is 15.3 Å². The van der Waals surface area contributed by atoms with Gasteiger partial charge in [-0.05, 0) is 38.9 Å². The van der Waals surface area contributed by atoms with Gasteiger partial charge in [0.25, 0.3) is 15.9 Å². The molecule has 0 aliphatic rings. The summed E-state index contributed by atoms with van der Waals surface area (Å²) in [6.45, 7) is 11.4. The number of amides is 1. The third-order valence-corrected chi connectivity index (χ3v) is 11.3. The highest BCUT2D eigenvalue weighted by atomic mass is 35.5. The highest BCUT2D eigenvalue weighted by molar-refractivity contribution is 7.99. The monoisotopic (exact) mass is 730 g/mol. The Bertz CT molecular complexity index is 1440. The van der Waals surface area contributed by atoms with E-state index < -0.39 is 48.5 Å².